The SMILES string of the molecule is CCCCCCOCCCCCCCCC=CCCCC(=O)O. The van der Waals surface area contributed by atoms with Crippen LogP contribution >= 0.6 is 0 Å². The van der Waals surface area contributed by atoms with E-state index in [0.717, 1.165) is 32.5 Å². The van der Waals surface area contributed by atoms with E-state index in [1.807, 2.05) is 0 Å². The number of ether oxygens (including phenoxy) is 1. The predicted octanol–water partition coefficient (Wildman–Crippen LogP) is 6.13. The highest BCUT2D eigenvalue weighted by Crippen LogP contribution is 2.08. The summed E-state index contributed by atoms with van der Waals surface area (Å²) in [4.78, 5) is 10.3. The Labute approximate surface area is 143 Å². The van der Waals surface area contributed by atoms with E-state index in [9.17, 15) is 4.79 Å². The highest BCUT2D eigenvalue weighted by atomic mass is 16.5. The third kappa shape index (κ3) is 21.2. The molecular formula is C20H38O3. The van der Waals surface area contributed by atoms with Gasteiger partial charge in [-0.3, -0.25) is 4.79 Å². The lowest BCUT2D eigenvalue weighted by molar-refractivity contribution is -0.137. The quantitative estimate of drug-likeness (QED) is 0.243. The molecule has 0 aliphatic rings. The minimum Gasteiger partial charge on any atom is -0.481 e. The van der Waals surface area contributed by atoms with Crippen LogP contribution in [0, 0.1) is 0 Å². The molecule has 0 aromatic heterocycles. The zero-order valence-corrected chi connectivity index (χ0v) is 15.2. The molecule has 0 aromatic rings. The number of hydrogen-bond donors (Lipinski definition) is 1. The second kappa shape index (κ2) is 19.2. The van der Waals surface area contributed by atoms with Crippen LogP contribution in [0.3, 0.4) is 0 Å². The van der Waals surface area contributed by atoms with Crippen LogP contribution in [0.15, 0.2) is 12.2 Å². The molecule has 0 amide bonds. The summed E-state index contributed by atoms with van der Waals surface area (Å²) in [6.45, 7) is 4.11. The fourth-order valence-electron chi connectivity index (χ4n) is 2.51. The van der Waals surface area contributed by atoms with Gasteiger partial charge in [0.1, 0.15) is 0 Å². The van der Waals surface area contributed by atoms with Gasteiger partial charge in [0.2, 0.25) is 0 Å². The summed E-state index contributed by atoms with van der Waals surface area (Å²) in [7, 11) is 0. The topological polar surface area (TPSA) is 46.5 Å². The molecule has 0 heterocycles. The fourth-order valence-corrected chi connectivity index (χ4v) is 2.51. The van der Waals surface area contributed by atoms with Crippen molar-refractivity contribution in [3.05, 3.63) is 12.2 Å². The molecule has 0 unspecified atom stereocenters. The normalized spacial score (nSPS) is 11.3. The van der Waals surface area contributed by atoms with Gasteiger partial charge in [-0.25, -0.2) is 0 Å². The van der Waals surface area contributed by atoms with Crippen molar-refractivity contribution in [2.75, 3.05) is 13.2 Å². The standard InChI is InChI=1S/C20H38O3/c1-2-3-4-15-18-23-19-16-13-11-9-7-5-6-8-10-12-14-17-20(21)22/h8,10H,2-7,9,11-19H2,1H3,(H,21,22). The van der Waals surface area contributed by atoms with Gasteiger partial charge >= 0.3 is 5.97 Å². The van der Waals surface area contributed by atoms with Crippen molar-refractivity contribution in [3.63, 3.8) is 0 Å². The van der Waals surface area contributed by atoms with Crippen LogP contribution in [0.1, 0.15) is 96.8 Å². The summed E-state index contributed by atoms with van der Waals surface area (Å²) in [5.41, 5.74) is 0. The maximum Gasteiger partial charge on any atom is 0.303 e. The summed E-state index contributed by atoms with van der Waals surface area (Å²) < 4.78 is 5.64. The lowest BCUT2D eigenvalue weighted by Crippen LogP contribution is -1.97. The highest BCUT2D eigenvalue weighted by Gasteiger charge is 1.94. The minimum absolute atomic E-state index is 0.285. The Morgan fingerprint density at radius 1 is 0.783 bits per heavy atom. The molecule has 0 radical (unpaired) electrons. The Kier molecular flexibility index (Phi) is 18.5. The van der Waals surface area contributed by atoms with Crippen LogP contribution in [-0.2, 0) is 9.53 Å². The molecule has 23 heavy (non-hydrogen) atoms. The van der Waals surface area contributed by atoms with E-state index in [2.05, 4.69) is 19.1 Å². The van der Waals surface area contributed by atoms with Gasteiger partial charge in [0, 0.05) is 19.6 Å². The van der Waals surface area contributed by atoms with Gasteiger partial charge in [-0.05, 0) is 38.5 Å². The highest BCUT2D eigenvalue weighted by molar-refractivity contribution is 5.66. The maximum atomic E-state index is 10.3. The fraction of sp³-hybridized carbons (Fsp3) is 0.850. The molecule has 0 saturated heterocycles. The molecular weight excluding hydrogens is 288 g/mol. The second-order valence-electron chi connectivity index (χ2n) is 6.34. The zero-order valence-electron chi connectivity index (χ0n) is 15.2. The van der Waals surface area contributed by atoms with E-state index in [0.29, 0.717) is 0 Å². The molecule has 0 atom stereocenters. The Morgan fingerprint density at radius 2 is 1.30 bits per heavy atom. The van der Waals surface area contributed by atoms with Crippen LogP contribution in [0.25, 0.3) is 0 Å². The Balaban J connectivity index is 3.05. The first-order chi connectivity index (χ1) is 11.3. The smallest absolute Gasteiger partial charge is 0.303 e. The molecule has 0 saturated carbocycles. The molecule has 1 N–H and O–H groups in total. The summed E-state index contributed by atoms with van der Waals surface area (Å²) in [6, 6.07) is 0. The number of hydrogen-bond acceptors (Lipinski definition) is 2. The Bertz CT molecular complexity index is 274. The Hall–Kier alpha value is -0.830. The first-order valence-electron chi connectivity index (χ1n) is 9.72. The summed E-state index contributed by atoms with van der Waals surface area (Å²) >= 11 is 0. The predicted molar refractivity (Wildman–Crippen MR) is 97.9 cm³/mol. The first kappa shape index (κ1) is 22.2. The summed E-state index contributed by atoms with van der Waals surface area (Å²) in [6.07, 6.45) is 20.2. The van der Waals surface area contributed by atoms with Crippen LogP contribution < -0.4 is 0 Å². The lowest BCUT2D eigenvalue weighted by atomic mass is 10.1. The molecule has 0 bridgehead atoms. The van der Waals surface area contributed by atoms with Gasteiger partial charge < -0.3 is 9.84 Å². The first-order valence-corrected chi connectivity index (χ1v) is 9.72. The number of aliphatic carboxylic acids is 1. The van der Waals surface area contributed by atoms with E-state index in [-0.39, 0.29) is 6.42 Å². The van der Waals surface area contributed by atoms with Crippen LogP contribution in [0.4, 0.5) is 0 Å². The monoisotopic (exact) mass is 326 g/mol. The third-order valence-corrected chi connectivity index (χ3v) is 3.98. The molecule has 0 aliphatic heterocycles. The summed E-state index contributed by atoms with van der Waals surface area (Å²) in [5.74, 6) is -0.694. The van der Waals surface area contributed by atoms with Crippen LogP contribution in [0.5, 0.6) is 0 Å². The third-order valence-electron chi connectivity index (χ3n) is 3.98. The minimum atomic E-state index is -0.694. The largest absolute Gasteiger partial charge is 0.481 e. The van der Waals surface area contributed by atoms with Crippen LogP contribution in [-0.4, -0.2) is 24.3 Å². The van der Waals surface area contributed by atoms with Gasteiger partial charge in [-0.15, -0.1) is 0 Å². The summed E-state index contributed by atoms with van der Waals surface area (Å²) in [5, 5.41) is 8.52. The number of rotatable bonds is 18. The number of unbranched alkanes of at least 4 members (excludes halogenated alkanes) is 10. The second-order valence-corrected chi connectivity index (χ2v) is 6.34. The number of carbonyl (C=O) groups is 1. The molecule has 0 aliphatic carbocycles. The van der Waals surface area contributed by atoms with E-state index in [4.69, 9.17) is 9.84 Å². The maximum absolute atomic E-state index is 10.3. The molecule has 136 valence electrons. The number of allylic oxidation sites excluding steroid dienone is 2. The molecule has 3 heteroatoms. The van der Waals surface area contributed by atoms with Gasteiger partial charge in [-0.1, -0.05) is 64.0 Å². The van der Waals surface area contributed by atoms with Crippen molar-refractivity contribution < 1.29 is 14.6 Å². The average molecular weight is 327 g/mol. The van der Waals surface area contributed by atoms with Gasteiger partial charge in [-0.2, -0.15) is 0 Å². The lowest BCUT2D eigenvalue weighted by Gasteiger charge is -2.04. The molecule has 0 rings (SSSR count). The molecule has 0 aromatic carbocycles. The van der Waals surface area contributed by atoms with Gasteiger partial charge in [0.15, 0.2) is 0 Å². The molecule has 3 nitrogen and oxygen atoms in total. The average Bonchev–Trinajstić information content (AvgIpc) is 2.53. The van der Waals surface area contributed by atoms with Gasteiger partial charge in [0.25, 0.3) is 0 Å². The van der Waals surface area contributed by atoms with E-state index >= 15 is 0 Å². The van der Waals surface area contributed by atoms with Crippen molar-refractivity contribution in [1.29, 1.82) is 0 Å². The van der Waals surface area contributed by atoms with Crippen molar-refractivity contribution in [1.82, 2.24) is 0 Å². The van der Waals surface area contributed by atoms with E-state index < -0.39 is 5.97 Å². The van der Waals surface area contributed by atoms with Crippen molar-refractivity contribution >= 4 is 5.97 Å². The van der Waals surface area contributed by atoms with Gasteiger partial charge in [0.05, 0.1) is 0 Å². The number of carboxylic acids is 1. The molecule has 0 fully saturated rings. The van der Waals surface area contributed by atoms with E-state index in [1.54, 1.807) is 0 Å². The van der Waals surface area contributed by atoms with Crippen molar-refractivity contribution in [2.45, 2.75) is 96.8 Å². The number of carboxylic acid groups (broad SMARTS) is 1. The zero-order chi connectivity index (χ0) is 17.0. The molecule has 0 spiro atoms. The Morgan fingerprint density at radius 3 is 1.91 bits per heavy atom. The van der Waals surface area contributed by atoms with Crippen molar-refractivity contribution in [2.24, 2.45) is 0 Å². The van der Waals surface area contributed by atoms with E-state index in [1.165, 1.54) is 64.2 Å². The van der Waals surface area contributed by atoms with Crippen molar-refractivity contribution in [3.8, 4) is 0 Å². The van der Waals surface area contributed by atoms with Crippen LogP contribution in [0.2, 0.25) is 0 Å².